The minimum atomic E-state index is 0. The SMILES string of the molecule is NCC1CCCC1.[Pt+2]. The third kappa shape index (κ3) is 2.28. The Kier molecular flexibility index (Phi) is 4.89. The first-order valence-electron chi connectivity index (χ1n) is 3.13. The van der Waals surface area contributed by atoms with Crippen molar-refractivity contribution in [3.63, 3.8) is 0 Å². The molecule has 50 valence electrons. The summed E-state index contributed by atoms with van der Waals surface area (Å²) in [5.41, 5.74) is 5.43. The van der Waals surface area contributed by atoms with E-state index in [2.05, 4.69) is 0 Å². The van der Waals surface area contributed by atoms with Crippen LogP contribution in [0.4, 0.5) is 0 Å². The predicted octanol–water partition coefficient (Wildman–Crippen LogP) is 1.13. The van der Waals surface area contributed by atoms with Gasteiger partial charge in [-0.05, 0) is 25.3 Å². The fraction of sp³-hybridized carbons (Fsp3) is 1.00. The van der Waals surface area contributed by atoms with Gasteiger partial charge in [0.2, 0.25) is 0 Å². The van der Waals surface area contributed by atoms with Gasteiger partial charge in [-0.2, -0.15) is 0 Å². The van der Waals surface area contributed by atoms with Crippen LogP contribution in [0.2, 0.25) is 0 Å². The van der Waals surface area contributed by atoms with E-state index in [4.69, 9.17) is 5.73 Å². The quantitative estimate of drug-likeness (QED) is 0.771. The van der Waals surface area contributed by atoms with E-state index in [0.717, 1.165) is 12.5 Å². The van der Waals surface area contributed by atoms with Crippen molar-refractivity contribution in [2.45, 2.75) is 25.7 Å². The molecule has 0 bridgehead atoms. The molecule has 0 unspecified atom stereocenters. The van der Waals surface area contributed by atoms with Crippen molar-refractivity contribution in [3.05, 3.63) is 0 Å². The van der Waals surface area contributed by atoms with E-state index in [1.807, 2.05) is 0 Å². The normalized spacial score (nSPS) is 20.6. The summed E-state index contributed by atoms with van der Waals surface area (Å²) in [5.74, 6) is 0.875. The van der Waals surface area contributed by atoms with Crippen molar-refractivity contribution in [1.82, 2.24) is 0 Å². The molecule has 0 aromatic carbocycles. The van der Waals surface area contributed by atoms with Crippen LogP contribution >= 0.6 is 0 Å². The van der Waals surface area contributed by atoms with Crippen LogP contribution in [-0.4, -0.2) is 6.54 Å². The van der Waals surface area contributed by atoms with Crippen LogP contribution in [0.3, 0.4) is 0 Å². The van der Waals surface area contributed by atoms with Crippen molar-refractivity contribution in [2.75, 3.05) is 6.54 Å². The van der Waals surface area contributed by atoms with E-state index in [-0.39, 0.29) is 21.1 Å². The van der Waals surface area contributed by atoms with Crippen LogP contribution in [-0.2, 0) is 21.1 Å². The topological polar surface area (TPSA) is 26.0 Å². The largest absolute Gasteiger partial charge is 2.00 e. The molecule has 0 radical (unpaired) electrons. The fourth-order valence-electron chi connectivity index (χ4n) is 1.25. The molecule has 0 aromatic rings. The van der Waals surface area contributed by atoms with Crippen LogP contribution in [0.5, 0.6) is 0 Å². The third-order valence-corrected chi connectivity index (χ3v) is 1.81. The molecule has 2 heteroatoms. The maximum Gasteiger partial charge on any atom is 2.00 e. The zero-order valence-electron chi connectivity index (χ0n) is 5.01. The Morgan fingerprint density at radius 3 is 2.00 bits per heavy atom. The van der Waals surface area contributed by atoms with E-state index in [1.54, 1.807) is 0 Å². The Bertz CT molecular complexity index is 50.5. The Morgan fingerprint density at radius 1 is 1.25 bits per heavy atom. The van der Waals surface area contributed by atoms with Gasteiger partial charge in [0, 0.05) is 0 Å². The summed E-state index contributed by atoms with van der Waals surface area (Å²) in [7, 11) is 0. The number of hydrogen-bond acceptors (Lipinski definition) is 1. The smallest absolute Gasteiger partial charge is 0.330 e. The van der Waals surface area contributed by atoms with Crippen molar-refractivity contribution < 1.29 is 21.1 Å². The first kappa shape index (κ1) is 8.65. The minimum Gasteiger partial charge on any atom is -0.330 e. The van der Waals surface area contributed by atoms with Gasteiger partial charge in [0.1, 0.15) is 0 Å². The van der Waals surface area contributed by atoms with Crippen LogP contribution in [0.15, 0.2) is 0 Å². The van der Waals surface area contributed by atoms with E-state index < -0.39 is 0 Å². The number of hydrogen-bond donors (Lipinski definition) is 1. The molecule has 1 rings (SSSR count). The predicted molar refractivity (Wildman–Crippen MR) is 31.0 cm³/mol. The monoisotopic (exact) mass is 294 g/mol. The molecule has 1 aliphatic carbocycles. The van der Waals surface area contributed by atoms with Gasteiger partial charge < -0.3 is 5.73 Å². The summed E-state index contributed by atoms with van der Waals surface area (Å²) in [4.78, 5) is 0. The molecule has 8 heavy (non-hydrogen) atoms. The second kappa shape index (κ2) is 4.52. The van der Waals surface area contributed by atoms with Gasteiger partial charge in [-0.15, -0.1) is 0 Å². The molecule has 2 N–H and O–H groups in total. The summed E-state index contributed by atoms with van der Waals surface area (Å²) >= 11 is 0. The average molecular weight is 294 g/mol. The molecule has 1 saturated carbocycles. The van der Waals surface area contributed by atoms with Crippen molar-refractivity contribution in [1.29, 1.82) is 0 Å². The zero-order chi connectivity index (χ0) is 5.11. The zero-order valence-corrected chi connectivity index (χ0v) is 7.28. The second-order valence-corrected chi connectivity index (χ2v) is 2.39. The third-order valence-electron chi connectivity index (χ3n) is 1.81. The van der Waals surface area contributed by atoms with Crippen LogP contribution in [0, 0.1) is 5.92 Å². The standard InChI is InChI=1S/C6H13N.Pt/c7-5-6-3-1-2-4-6;/h6H,1-5,7H2;/q;+2. The molecule has 0 amide bonds. The van der Waals surface area contributed by atoms with Gasteiger partial charge in [-0.1, -0.05) is 12.8 Å². The first-order chi connectivity index (χ1) is 3.43. The Labute approximate surface area is 65.3 Å². The average Bonchev–Trinajstić information content (AvgIpc) is 2.14. The summed E-state index contributed by atoms with van der Waals surface area (Å²) in [6, 6.07) is 0. The van der Waals surface area contributed by atoms with Gasteiger partial charge in [0.25, 0.3) is 0 Å². The molecule has 1 aliphatic rings. The Morgan fingerprint density at radius 2 is 1.75 bits per heavy atom. The van der Waals surface area contributed by atoms with Crippen molar-refractivity contribution in [2.24, 2.45) is 11.7 Å². The summed E-state index contributed by atoms with van der Waals surface area (Å²) in [6.07, 6.45) is 5.61. The van der Waals surface area contributed by atoms with Gasteiger partial charge in [-0.25, -0.2) is 0 Å². The molecular weight excluding hydrogens is 281 g/mol. The second-order valence-electron chi connectivity index (χ2n) is 2.39. The number of nitrogens with two attached hydrogens (primary N) is 1. The van der Waals surface area contributed by atoms with Gasteiger partial charge in [0.05, 0.1) is 0 Å². The number of rotatable bonds is 1. The summed E-state index contributed by atoms with van der Waals surface area (Å²) in [6.45, 7) is 0.917. The maximum atomic E-state index is 5.43. The summed E-state index contributed by atoms with van der Waals surface area (Å²) < 4.78 is 0. The molecule has 0 spiro atoms. The Hall–Kier alpha value is 0.648. The molecule has 0 aliphatic heterocycles. The molecule has 0 aromatic heterocycles. The van der Waals surface area contributed by atoms with Crippen molar-refractivity contribution in [3.8, 4) is 0 Å². The molecular formula is C6H13NPt+2. The van der Waals surface area contributed by atoms with E-state index >= 15 is 0 Å². The minimum absolute atomic E-state index is 0. The van der Waals surface area contributed by atoms with Crippen LogP contribution in [0.1, 0.15) is 25.7 Å². The van der Waals surface area contributed by atoms with E-state index in [0.29, 0.717) is 0 Å². The van der Waals surface area contributed by atoms with Crippen LogP contribution < -0.4 is 5.73 Å². The fourth-order valence-corrected chi connectivity index (χ4v) is 1.25. The summed E-state index contributed by atoms with van der Waals surface area (Å²) in [5, 5.41) is 0. The van der Waals surface area contributed by atoms with Crippen molar-refractivity contribution >= 4 is 0 Å². The van der Waals surface area contributed by atoms with Gasteiger partial charge >= 0.3 is 21.1 Å². The molecule has 1 nitrogen and oxygen atoms in total. The maximum absolute atomic E-state index is 5.43. The molecule has 0 heterocycles. The molecule has 1 fully saturated rings. The van der Waals surface area contributed by atoms with E-state index in [1.165, 1.54) is 25.7 Å². The Balaban J connectivity index is 0.000000490. The molecule has 0 atom stereocenters. The van der Waals surface area contributed by atoms with Crippen LogP contribution in [0.25, 0.3) is 0 Å². The van der Waals surface area contributed by atoms with Gasteiger partial charge in [0.15, 0.2) is 0 Å². The first-order valence-corrected chi connectivity index (χ1v) is 3.13. The van der Waals surface area contributed by atoms with Gasteiger partial charge in [-0.3, -0.25) is 0 Å². The van der Waals surface area contributed by atoms with E-state index in [9.17, 15) is 0 Å². The molecule has 0 saturated heterocycles.